The lowest BCUT2D eigenvalue weighted by atomic mass is 10.2. The van der Waals surface area contributed by atoms with E-state index in [1.165, 1.54) is 12.1 Å². The van der Waals surface area contributed by atoms with Crippen molar-refractivity contribution in [3.63, 3.8) is 0 Å². The van der Waals surface area contributed by atoms with Gasteiger partial charge in [0.1, 0.15) is 5.82 Å². The number of nitrogens with zero attached hydrogens (tertiary/aromatic N) is 4. The van der Waals surface area contributed by atoms with Gasteiger partial charge < -0.3 is 11.1 Å². The molecule has 2 heterocycles. The van der Waals surface area contributed by atoms with Crippen LogP contribution in [0.2, 0.25) is 0 Å². The molecule has 3 N–H and O–H groups in total. The standard InChI is InChI=1S/C12H16N6O2/c1-3-9-8(7-17(2)16-9)6-14-12-10(18(19)20)4-5-11(13)15-12/h4-5,7H,3,6H2,1-2H3,(H3,13,14,15). The molecular weight excluding hydrogens is 260 g/mol. The van der Waals surface area contributed by atoms with E-state index in [9.17, 15) is 10.1 Å². The Labute approximate surface area is 115 Å². The molecule has 2 aromatic heterocycles. The van der Waals surface area contributed by atoms with Crippen LogP contribution in [0.15, 0.2) is 18.3 Å². The van der Waals surface area contributed by atoms with Gasteiger partial charge in [0.15, 0.2) is 0 Å². The molecule has 0 aliphatic carbocycles. The van der Waals surface area contributed by atoms with Crippen molar-refractivity contribution < 1.29 is 4.92 Å². The first kappa shape index (κ1) is 13.8. The van der Waals surface area contributed by atoms with Crippen LogP contribution in [0.3, 0.4) is 0 Å². The molecule has 0 spiro atoms. The molecule has 0 aliphatic rings. The number of pyridine rings is 1. The summed E-state index contributed by atoms with van der Waals surface area (Å²) in [6.45, 7) is 2.42. The van der Waals surface area contributed by atoms with Gasteiger partial charge in [0.05, 0.1) is 10.6 Å². The number of rotatable bonds is 5. The number of nitrogen functional groups attached to an aromatic ring is 1. The number of nitro groups is 1. The highest BCUT2D eigenvalue weighted by Crippen LogP contribution is 2.23. The molecule has 0 bridgehead atoms. The van der Waals surface area contributed by atoms with Crippen molar-refractivity contribution in [3.8, 4) is 0 Å². The summed E-state index contributed by atoms with van der Waals surface area (Å²) in [6.07, 6.45) is 2.67. The molecule has 0 aromatic carbocycles. The van der Waals surface area contributed by atoms with Gasteiger partial charge in [-0.05, 0) is 12.5 Å². The van der Waals surface area contributed by atoms with Crippen molar-refractivity contribution >= 4 is 17.3 Å². The van der Waals surface area contributed by atoms with E-state index >= 15 is 0 Å². The zero-order valence-electron chi connectivity index (χ0n) is 11.3. The number of aromatic nitrogens is 3. The predicted molar refractivity (Wildman–Crippen MR) is 75.2 cm³/mol. The van der Waals surface area contributed by atoms with E-state index in [0.717, 1.165) is 17.7 Å². The van der Waals surface area contributed by atoms with Crippen LogP contribution in [-0.4, -0.2) is 19.7 Å². The highest BCUT2D eigenvalue weighted by molar-refractivity contribution is 5.59. The normalized spacial score (nSPS) is 10.5. The number of anilines is 2. The number of nitrogens with two attached hydrogens (primary N) is 1. The molecule has 106 valence electrons. The maximum Gasteiger partial charge on any atom is 0.311 e. The number of hydrogen-bond donors (Lipinski definition) is 2. The molecule has 0 saturated heterocycles. The van der Waals surface area contributed by atoms with Crippen LogP contribution in [0.1, 0.15) is 18.2 Å². The van der Waals surface area contributed by atoms with Crippen molar-refractivity contribution in [2.75, 3.05) is 11.1 Å². The lowest BCUT2D eigenvalue weighted by molar-refractivity contribution is -0.384. The zero-order chi connectivity index (χ0) is 14.7. The molecule has 8 nitrogen and oxygen atoms in total. The van der Waals surface area contributed by atoms with E-state index in [1.807, 2.05) is 20.2 Å². The average Bonchev–Trinajstić information content (AvgIpc) is 2.76. The summed E-state index contributed by atoms with van der Waals surface area (Å²) < 4.78 is 1.72. The first-order valence-electron chi connectivity index (χ1n) is 6.17. The molecule has 0 fully saturated rings. The topological polar surface area (TPSA) is 112 Å². The lowest BCUT2D eigenvalue weighted by Crippen LogP contribution is -2.07. The third kappa shape index (κ3) is 2.85. The van der Waals surface area contributed by atoms with E-state index in [2.05, 4.69) is 15.4 Å². The summed E-state index contributed by atoms with van der Waals surface area (Å²) >= 11 is 0. The van der Waals surface area contributed by atoms with E-state index in [0.29, 0.717) is 6.54 Å². The minimum Gasteiger partial charge on any atom is -0.384 e. The Kier molecular flexibility index (Phi) is 3.83. The van der Waals surface area contributed by atoms with Crippen LogP contribution in [0, 0.1) is 10.1 Å². The molecule has 0 unspecified atom stereocenters. The second kappa shape index (κ2) is 5.55. The van der Waals surface area contributed by atoms with Gasteiger partial charge in [-0.3, -0.25) is 14.8 Å². The molecule has 8 heteroatoms. The number of hydrogen-bond acceptors (Lipinski definition) is 6. The Morgan fingerprint density at radius 3 is 2.90 bits per heavy atom. The Balaban J connectivity index is 2.22. The number of aryl methyl sites for hydroxylation is 2. The van der Waals surface area contributed by atoms with Crippen LogP contribution in [0.5, 0.6) is 0 Å². The smallest absolute Gasteiger partial charge is 0.311 e. The first-order valence-corrected chi connectivity index (χ1v) is 6.17. The van der Waals surface area contributed by atoms with Gasteiger partial charge in [-0.2, -0.15) is 5.10 Å². The van der Waals surface area contributed by atoms with E-state index in [1.54, 1.807) is 4.68 Å². The Hall–Kier alpha value is -2.64. The average molecular weight is 276 g/mol. The Morgan fingerprint density at radius 1 is 1.50 bits per heavy atom. The largest absolute Gasteiger partial charge is 0.384 e. The van der Waals surface area contributed by atoms with Crippen LogP contribution >= 0.6 is 0 Å². The minimum atomic E-state index is -0.487. The molecule has 0 saturated carbocycles. The van der Waals surface area contributed by atoms with Gasteiger partial charge in [-0.15, -0.1) is 0 Å². The molecule has 2 rings (SSSR count). The van der Waals surface area contributed by atoms with Gasteiger partial charge >= 0.3 is 5.69 Å². The summed E-state index contributed by atoms with van der Waals surface area (Å²) in [5, 5.41) is 18.2. The summed E-state index contributed by atoms with van der Waals surface area (Å²) in [5.74, 6) is 0.404. The van der Waals surface area contributed by atoms with Crippen LogP contribution in [0.25, 0.3) is 0 Å². The van der Waals surface area contributed by atoms with Gasteiger partial charge in [0, 0.05) is 31.4 Å². The van der Waals surface area contributed by atoms with Crippen molar-refractivity contribution in [2.24, 2.45) is 7.05 Å². The molecule has 2 aromatic rings. The van der Waals surface area contributed by atoms with Gasteiger partial charge in [0.2, 0.25) is 5.82 Å². The summed E-state index contributed by atoms with van der Waals surface area (Å²) in [7, 11) is 1.84. The summed E-state index contributed by atoms with van der Waals surface area (Å²) in [5.41, 5.74) is 7.40. The Morgan fingerprint density at radius 2 is 2.25 bits per heavy atom. The van der Waals surface area contributed by atoms with E-state index < -0.39 is 4.92 Å². The Bertz CT molecular complexity index is 637. The molecule has 0 radical (unpaired) electrons. The number of nitrogens with one attached hydrogen (secondary N) is 1. The van der Waals surface area contributed by atoms with Gasteiger partial charge in [0.25, 0.3) is 0 Å². The molecule has 20 heavy (non-hydrogen) atoms. The second-order valence-electron chi connectivity index (χ2n) is 4.34. The fraction of sp³-hybridized carbons (Fsp3) is 0.333. The van der Waals surface area contributed by atoms with Crippen molar-refractivity contribution in [1.29, 1.82) is 0 Å². The van der Waals surface area contributed by atoms with Gasteiger partial charge in [-0.1, -0.05) is 6.92 Å². The highest BCUT2D eigenvalue weighted by atomic mass is 16.6. The summed E-state index contributed by atoms with van der Waals surface area (Å²) in [6, 6.07) is 2.75. The fourth-order valence-electron chi connectivity index (χ4n) is 1.95. The minimum absolute atomic E-state index is 0.0962. The first-order chi connectivity index (χ1) is 9.51. The molecule has 0 aliphatic heterocycles. The second-order valence-corrected chi connectivity index (χ2v) is 4.34. The van der Waals surface area contributed by atoms with Crippen LogP contribution in [0.4, 0.5) is 17.3 Å². The van der Waals surface area contributed by atoms with Gasteiger partial charge in [-0.25, -0.2) is 4.98 Å². The fourth-order valence-corrected chi connectivity index (χ4v) is 1.95. The molecular formula is C12H16N6O2. The third-order valence-electron chi connectivity index (χ3n) is 2.87. The monoisotopic (exact) mass is 276 g/mol. The van der Waals surface area contributed by atoms with Crippen LogP contribution in [-0.2, 0) is 20.0 Å². The molecule has 0 amide bonds. The van der Waals surface area contributed by atoms with E-state index in [-0.39, 0.29) is 17.3 Å². The zero-order valence-corrected chi connectivity index (χ0v) is 11.3. The predicted octanol–water partition coefficient (Wildman–Crippen LogP) is 1.48. The van der Waals surface area contributed by atoms with E-state index in [4.69, 9.17) is 5.73 Å². The SMILES string of the molecule is CCc1nn(C)cc1CNc1nc(N)ccc1[N+](=O)[O-]. The lowest BCUT2D eigenvalue weighted by Gasteiger charge is -2.06. The van der Waals surface area contributed by atoms with Crippen LogP contribution < -0.4 is 11.1 Å². The van der Waals surface area contributed by atoms with Crippen molar-refractivity contribution in [3.05, 3.63) is 39.7 Å². The highest BCUT2D eigenvalue weighted by Gasteiger charge is 2.16. The molecule has 0 atom stereocenters. The summed E-state index contributed by atoms with van der Waals surface area (Å²) in [4.78, 5) is 14.4. The van der Waals surface area contributed by atoms with Crippen molar-refractivity contribution in [1.82, 2.24) is 14.8 Å². The maximum absolute atomic E-state index is 10.9. The maximum atomic E-state index is 10.9. The van der Waals surface area contributed by atoms with Crippen molar-refractivity contribution in [2.45, 2.75) is 19.9 Å². The third-order valence-corrected chi connectivity index (χ3v) is 2.87. The quantitative estimate of drug-likeness (QED) is 0.632.